The predicted molar refractivity (Wildman–Crippen MR) is 70.4 cm³/mol. The summed E-state index contributed by atoms with van der Waals surface area (Å²) >= 11 is 0. The molecule has 0 aromatic carbocycles. The van der Waals surface area contributed by atoms with Gasteiger partial charge in [-0.05, 0) is 19.5 Å². The van der Waals surface area contributed by atoms with E-state index in [4.69, 9.17) is 4.52 Å². The van der Waals surface area contributed by atoms with Crippen molar-refractivity contribution < 1.29 is 9.63 Å². The second-order valence-electron chi connectivity index (χ2n) is 4.53. The van der Waals surface area contributed by atoms with E-state index in [-0.39, 0.29) is 6.10 Å². The molecule has 0 fully saturated rings. The zero-order valence-electron chi connectivity index (χ0n) is 11.7. The third-order valence-electron chi connectivity index (χ3n) is 3.09. The molecule has 104 valence electrons. The van der Waals surface area contributed by atoms with Crippen LogP contribution in [0.5, 0.6) is 0 Å². The highest BCUT2D eigenvalue weighted by Gasteiger charge is 2.12. The molecule has 18 heavy (non-hydrogen) atoms. The highest BCUT2D eigenvalue weighted by atomic mass is 16.5. The van der Waals surface area contributed by atoms with Crippen molar-refractivity contribution in [1.29, 1.82) is 0 Å². The Hall–Kier alpha value is -0.940. The van der Waals surface area contributed by atoms with Gasteiger partial charge < -0.3 is 14.5 Å². The van der Waals surface area contributed by atoms with Crippen LogP contribution in [-0.2, 0) is 12.8 Å². The quantitative estimate of drug-likeness (QED) is 0.727. The fraction of sp³-hybridized carbons (Fsp3) is 0.846. The van der Waals surface area contributed by atoms with E-state index in [1.807, 2.05) is 6.92 Å². The minimum absolute atomic E-state index is 0.369. The summed E-state index contributed by atoms with van der Waals surface area (Å²) in [4.78, 5) is 6.63. The van der Waals surface area contributed by atoms with Gasteiger partial charge in [0.15, 0.2) is 5.82 Å². The number of hydrogen-bond donors (Lipinski definition) is 1. The highest BCUT2D eigenvalue weighted by molar-refractivity contribution is 4.89. The van der Waals surface area contributed by atoms with Crippen molar-refractivity contribution in [3.8, 4) is 0 Å². The van der Waals surface area contributed by atoms with Crippen LogP contribution in [0.1, 0.15) is 45.3 Å². The summed E-state index contributed by atoms with van der Waals surface area (Å²) in [5.74, 6) is 1.28. The van der Waals surface area contributed by atoms with Crippen molar-refractivity contribution in [2.45, 2.75) is 52.6 Å². The average Bonchev–Trinajstić information content (AvgIpc) is 2.78. The molecule has 0 bridgehead atoms. The molecular formula is C13H25N3O2. The lowest BCUT2D eigenvalue weighted by molar-refractivity contribution is 0.151. The maximum atomic E-state index is 9.67. The molecule has 5 heteroatoms. The number of likely N-dealkylation sites (N-methyl/N-ethyl adjacent to an activating group) is 1. The smallest absolute Gasteiger partial charge is 0.229 e. The van der Waals surface area contributed by atoms with Crippen molar-refractivity contribution in [1.82, 2.24) is 15.0 Å². The number of aromatic nitrogens is 2. The van der Waals surface area contributed by atoms with Crippen LogP contribution in [0.4, 0.5) is 0 Å². The number of aliphatic hydroxyl groups is 1. The first-order valence-electron chi connectivity index (χ1n) is 6.91. The van der Waals surface area contributed by atoms with Gasteiger partial charge in [0.2, 0.25) is 5.89 Å². The van der Waals surface area contributed by atoms with Crippen LogP contribution in [0, 0.1) is 0 Å². The molecule has 1 aromatic heterocycles. The molecule has 0 aliphatic carbocycles. The second-order valence-corrected chi connectivity index (χ2v) is 4.53. The summed E-state index contributed by atoms with van der Waals surface area (Å²) in [5, 5.41) is 13.6. The lowest BCUT2D eigenvalue weighted by Gasteiger charge is -2.16. The third kappa shape index (κ3) is 5.14. The van der Waals surface area contributed by atoms with Crippen LogP contribution in [-0.4, -0.2) is 45.9 Å². The third-order valence-corrected chi connectivity index (χ3v) is 3.09. The molecule has 1 heterocycles. The molecule has 0 saturated heterocycles. The van der Waals surface area contributed by atoms with E-state index in [0.717, 1.165) is 44.7 Å². The Bertz CT molecular complexity index is 324. The lowest BCUT2D eigenvalue weighted by atomic mass is 10.1. The molecule has 0 spiro atoms. The minimum Gasteiger partial charge on any atom is -0.393 e. The first-order valence-corrected chi connectivity index (χ1v) is 6.91. The van der Waals surface area contributed by atoms with E-state index in [9.17, 15) is 5.11 Å². The van der Waals surface area contributed by atoms with Gasteiger partial charge in [0.05, 0.1) is 12.5 Å². The van der Waals surface area contributed by atoms with Crippen molar-refractivity contribution in [3.05, 3.63) is 11.7 Å². The molecule has 0 saturated carbocycles. The maximum Gasteiger partial charge on any atom is 0.229 e. The van der Waals surface area contributed by atoms with Gasteiger partial charge >= 0.3 is 0 Å². The molecule has 1 rings (SSSR count). The Morgan fingerprint density at radius 2 is 2.00 bits per heavy atom. The van der Waals surface area contributed by atoms with Gasteiger partial charge in [-0.2, -0.15) is 4.98 Å². The zero-order valence-corrected chi connectivity index (χ0v) is 11.7. The molecule has 1 atom stereocenters. The molecule has 0 amide bonds. The topological polar surface area (TPSA) is 62.4 Å². The van der Waals surface area contributed by atoms with Crippen LogP contribution < -0.4 is 0 Å². The van der Waals surface area contributed by atoms with Gasteiger partial charge in [-0.1, -0.05) is 32.3 Å². The molecular weight excluding hydrogens is 230 g/mol. The van der Waals surface area contributed by atoms with Gasteiger partial charge in [0, 0.05) is 13.0 Å². The van der Waals surface area contributed by atoms with E-state index in [1.54, 1.807) is 0 Å². The highest BCUT2D eigenvalue weighted by Crippen LogP contribution is 2.06. The normalized spacial score (nSPS) is 13.2. The number of aliphatic hydroxyl groups excluding tert-OH is 1. The molecule has 1 aromatic rings. The van der Waals surface area contributed by atoms with E-state index in [1.165, 1.54) is 0 Å². The van der Waals surface area contributed by atoms with Crippen LogP contribution in [0.15, 0.2) is 4.52 Å². The van der Waals surface area contributed by atoms with E-state index >= 15 is 0 Å². The van der Waals surface area contributed by atoms with Crippen molar-refractivity contribution in [2.75, 3.05) is 19.6 Å². The van der Waals surface area contributed by atoms with Crippen molar-refractivity contribution in [2.24, 2.45) is 0 Å². The standard InChI is InChI=1S/C13H25N3O2/c1-4-7-11(17)10-13-14-12(15-18-13)8-9-16(5-2)6-3/h11,17H,4-10H2,1-3H3. The Kier molecular flexibility index (Phi) is 6.90. The fourth-order valence-electron chi connectivity index (χ4n) is 1.91. The maximum absolute atomic E-state index is 9.67. The van der Waals surface area contributed by atoms with Gasteiger partial charge in [-0.25, -0.2) is 0 Å². The number of nitrogens with zero attached hydrogens (tertiary/aromatic N) is 3. The van der Waals surface area contributed by atoms with Crippen LogP contribution in [0.3, 0.4) is 0 Å². The summed E-state index contributed by atoms with van der Waals surface area (Å²) in [5.41, 5.74) is 0. The monoisotopic (exact) mass is 255 g/mol. The summed E-state index contributed by atoms with van der Waals surface area (Å²) in [6.07, 6.45) is 2.63. The summed E-state index contributed by atoms with van der Waals surface area (Å²) < 4.78 is 5.14. The predicted octanol–water partition coefficient (Wildman–Crippen LogP) is 1.66. The van der Waals surface area contributed by atoms with Crippen molar-refractivity contribution >= 4 is 0 Å². The van der Waals surface area contributed by atoms with Crippen LogP contribution in [0.25, 0.3) is 0 Å². The fourth-order valence-corrected chi connectivity index (χ4v) is 1.91. The number of rotatable bonds is 9. The summed E-state index contributed by atoms with van der Waals surface area (Å²) in [6.45, 7) is 9.36. The molecule has 1 N–H and O–H groups in total. The van der Waals surface area contributed by atoms with Crippen LogP contribution >= 0.6 is 0 Å². The summed E-state index contributed by atoms with van der Waals surface area (Å²) in [7, 11) is 0. The molecule has 1 unspecified atom stereocenters. The van der Waals surface area contributed by atoms with Gasteiger partial charge in [-0.3, -0.25) is 0 Å². The van der Waals surface area contributed by atoms with Crippen LogP contribution in [0.2, 0.25) is 0 Å². The van der Waals surface area contributed by atoms with Gasteiger partial charge in [0.1, 0.15) is 0 Å². The van der Waals surface area contributed by atoms with E-state index in [2.05, 4.69) is 28.9 Å². The Balaban J connectivity index is 2.38. The Labute approximate surface area is 109 Å². The molecule has 0 aliphatic heterocycles. The summed E-state index contributed by atoms with van der Waals surface area (Å²) in [6, 6.07) is 0. The average molecular weight is 255 g/mol. The SMILES string of the molecule is CCCC(O)Cc1nc(CCN(CC)CC)no1. The molecule has 5 nitrogen and oxygen atoms in total. The lowest BCUT2D eigenvalue weighted by Crippen LogP contribution is -2.25. The van der Waals surface area contributed by atoms with Gasteiger partial charge in [0.25, 0.3) is 0 Å². The Morgan fingerprint density at radius 1 is 1.28 bits per heavy atom. The number of hydrogen-bond acceptors (Lipinski definition) is 5. The van der Waals surface area contributed by atoms with E-state index in [0.29, 0.717) is 12.3 Å². The van der Waals surface area contributed by atoms with Crippen molar-refractivity contribution in [3.63, 3.8) is 0 Å². The molecule has 0 radical (unpaired) electrons. The molecule has 0 aliphatic rings. The first kappa shape index (κ1) is 15.1. The second kappa shape index (κ2) is 8.21. The van der Waals surface area contributed by atoms with E-state index < -0.39 is 0 Å². The minimum atomic E-state index is -0.369. The first-order chi connectivity index (χ1) is 8.69. The van der Waals surface area contributed by atoms with Gasteiger partial charge in [-0.15, -0.1) is 0 Å². The zero-order chi connectivity index (χ0) is 13.4. The largest absolute Gasteiger partial charge is 0.393 e. The Morgan fingerprint density at radius 3 is 2.61 bits per heavy atom.